The Kier molecular flexibility index (Phi) is 4.54. The number of aliphatic hydroxyl groups is 1. The first kappa shape index (κ1) is 14.0. The Balaban J connectivity index is 2.61. The number of nitrogens with two attached hydrogens (primary N) is 1. The number of hydrogen-bond donors (Lipinski definition) is 2. The first-order chi connectivity index (χ1) is 7.79. The molecule has 96 valence electrons. The second-order valence-electron chi connectivity index (χ2n) is 5.22. The summed E-state index contributed by atoms with van der Waals surface area (Å²) in [6, 6.07) is 6.01. The molecular weight excluding hydrogens is 214 g/mol. The zero-order valence-corrected chi connectivity index (χ0v) is 11.2. The van der Waals surface area contributed by atoms with Crippen LogP contribution >= 0.6 is 0 Å². The third-order valence-electron chi connectivity index (χ3n) is 2.70. The van der Waals surface area contributed by atoms with E-state index in [9.17, 15) is 5.11 Å². The van der Waals surface area contributed by atoms with E-state index in [4.69, 9.17) is 10.5 Å². The van der Waals surface area contributed by atoms with Crippen molar-refractivity contribution in [1.29, 1.82) is 0 Å². The number of benzene rings is 1. The molecule has 0 aliphatic carbocycles. The van der Waals surface area contributed by atoms with Gasteiger partial charge in [0.15, 0.2) is 0 Å². The lowest BCUT2D eigenvalue weighted by molar-refractivity contribution is 0.0552. The summed E-state index contributed by atoms with van der Waals surface area (Å²) < 4.78 is 5.65. The van der Waals surface area contributed by atoms with Gasteiger partial charge in [0, 0.05) is 12.5 Å². The molecule has 1 aromatic rings. The smallest absolute Gasteiger partial charge is 0.122 e. The van der Waals surface area contributed by atoms with Gasteiger partial charge in [0.1, 0.15) is 5.75 Å². The predicted octanol–water partition coefficient (Wildman–Crippen LogP) is 2.55. The van der Waals surface area contributed by atoms with Crippen LogP contribution in [0.3, 0.4) is 0 Å². The summed E-state index contributed by atoms with van der Waals surface area (Å²) in [5, 5.41) is 9.59. The Labute approximate surface area is 104 Å². The molecule has 0 saturated heterocycles. The average molecular weight is 237 g/mol. The fraction of sp³-hybridized carbons (Fsp3) is 0.571. The van der Waals surface area contributed by atoms with Gasteiger partial charge < -0.3 is 15.6 Å². The minimum atomic E-state index is -0.681. The van der Waals surface area contributed by atoms with Crippen LogP contribution in [0, 0.1) is 6.92 Å². The van der Waals surface area contributed by atoms with E-state index in [-0.39, 0.29) is 6.04 Å². The molecule has 0 aromatic heterocycles. The van der Waals surface area contributed by atoms with Crippen molar-refractivity contribution in [1.82, 2.24) is 0 Å². The maximum Gasteiger partial charge on any atom is 0.122 e. The van der Waals surface area contributed by atoms with Gasteiger partial charge in [0.2, 0.25) is 0 Å². The molecule has 0 saturated carbocycles. The highest BCUT2D eigenvalue weighted by molar-refractivity contribution is 5.37. The number of aryl methyl sites for hydroxylation is 1. The highest BCUT2D eigenvalue weighted by Gasteiger charge is 2.12. The molecule has 3 nitrogen and oxygen atoms in total. The number of ether oxygens (including phenoxy) is 1. The second-order valence-corrected chi connectivity index (χ2v) is 5.22. The molecule has 17 heavy (non-hydrogen) atoms. The lowest BCUT2D eigenvalue weighted by Gasteiger charge is -2.18. The second kappa shape index (κ2) is 5.52. The van der Waals surface area contributed by atoms with Gasteiger partial charge in [-0.1, -0.05) is 12.1 Å². The van der Waals surface area contributed by atoms with Gasteiger partial charge >= 0.3 is 0 Å². The molecule has 3 heteroatoms. The van der Waals surface area contributed by atoms with Crippen molar-refractivity contribution < 1.29 is 9.84 Å². The Morgan fingerprint density at radius 3 is 2.53 bits per heavy atom. The molecule has 0 radical (unpaired) electrons. The summed E-state index contributed by atoms with van der Waals surface area (Å²) in [5.41, 5.74) is 7.32. The molecule has 0 unspecified atom stereocenters. The van der Waals surface area contributed by atoms with Crippen LogP contribution in [0.1, 0.15) is 44.4 Å². The molecular formula is C14H23NO2. The van der Waals surface area contributed by atoms with Crippen LogP contribution in [0.5, 0.6) is 5.75 Å². The third kappa shape index (κ3) is 4.75. The van der Waals surface area contributed by atoms with Gasteiger partial charge in [0.05, 0.1) is 12.2 Å². The van der Waals surface area contributed by atoms with E-state index in [0.29, 0.717) is 13.0 Å². The minimum absolute atomic E-state index is 0.0409. The zero-order valence-electron chi connectivity index (χ0n) is 11.2. The van der Waals surface area contributed by atoms with Gasteiger partial charge in [-0.3, -0.25) is 0 Å². The van der Waals surface area contributed by atoms with E-state index in [1.807, 2.05) is 32.0 Å². The van der Waals surface area contributed by atoms with Gasteiger partial charge in [0.25, 0.3) is 0 Å². The van der Waals surface area contributed by atoms with Crippen molar-refractivity contribution in [3.05, 3.63) is 29.3 Å². The van der Waals surface area contributed by atoms with E-state index in [2.05, 4.69) is 0 Å². The Morgan fingerprint density at radius 2 is 2.06 bits per heavy atom. The molecule has 0 aliphatic heterocycles. The standard InChI is InChI=1S/C14H23NO2/c1-10-9-12(11(2)15)5-6-13(10)17-8-7-14(3,4)16/h5-6,9,11,16H,7-8,15H2,1-4H3/t11-/m0/s1. The average Bonchev–Trinajstić information content (AvgIpc) is 2.18. The topological polar surface area (TPSA) is 55.5 Å². The summed E-state index contributed by atoms with van der Waals surface area (Å²) in [6.07, 6.45) is 0.613. The van der Waals surface area contributed by atoms with Crippen LogP contribution in [0.15, 0.2) is 18.2 Å². The van der Waals surface area contributed by atoms with Crippen LogP contribution < -0.4 is 10.5 Å². The first-order valence-corrected chi connectivity index (χ1v) is 6.01. The van der Waals surface area contributed by atoms with Crippen molar-refractivity contribution in [2.45, 2.75) is 45.8 Å². The van der Waals surface area contributed by atoms with E-state index in [1.54, 1.807) is 13.8 Å². The summed E-state index contributed by atoms with van der Waals surface area (Å²) in [4.78, 5) is 0. The van der Waals surface area contributed by atoms with Gasteiger partial charge in [-0.15, -0.1) is 0 Å². The van der Waals surface area contributed by atoms with E-state index in [0.717, 1.165) is 16.9 Å². The van der Waals surface area contributed by atoms with Gasteiger partial charge in [-0.2, -0.15) is 0 Å². The molecule has 1 aromatic carbocycles. The van der Waals surface area contributed by atoms with Crippen molar-refractivity contribution >= 4 is 0 Å². The first-order valence-electron chi connectivity index (χ1n) is 6.01. The lowest BCUT2D eigenvalue weighted by atomic mass is 10.1. The highest BCUT2D eigenvalue weighted by atomic mass is 16.5. The predicted molar refractivity (Wildman–Crippen MR) is 70.2 cm³/mol. The molecule has 1 rings (SSSR count). The summed E-state index contributed by atoms with van der Waals surface area (Å²) in [5.74, 6) is 0.860. The Morgan fingerprint density at radius 1 is 1.41 bits per heavy atom. The lowest BCUT2D eigenvalue weighted by Crippen LogP contribution is -2.21. The Bertz CT molecular complexity index is 367. The van der Waals surface area contributed by atoms with Crippen molar-refractivity contribution in [2.75, 3.05) is 6.61 Å². The molecule has 0 fully saturated rings. The third-order valence-corrected chi connectivity index (χ3v) is 2.70. The van der Waals surface area contributed by atoms with E-state index >= 15 is 0 Å². The van der Waals surface area contributed by atoms with E-state index < -0.39 is 5.60 Å². The zero-order chi connectivity index (χ0) is 13.1. The minimum Gasteiger partial charge on any atom is -0.493 e. The largest absolute Gasteiger partial charge is 0.493 e. The Hall–Kier alpha value is -1.06. The summed E-state index contributed by atoms with van der Waals surface area (Å²) in [6.45, 7) is 8.04. The van der Waals surface area contributed by atoms with Crippen molar-refractivity contribution in [2.24, 2.45) is 5.73 Å². The van der Waals surface area contributed by atoms with Crippen LogP contribution in [-0.2, 0) is 0 Å². The number of rotatable bonds is 5. The normalized spacial score (nSPS) is 13.5. The van der Waals surface area contributed by atoms with E-state index in [1.165, 1.54) is 0 Å². The fourth-order valence-corrected chi connectivity index (χ4v) is 1.53. The molecule has 0 bridgehead atoms. The SMILES string of the molecule is Cc1cc([C@H](C)N)ccc1OCCC(C)(C)O. The summed E-state index contributed by atoms with van der Waals surface area (Å²) in [7, 11) is 0. The van der Waals surface area contributed by atoms with Crippen molar-refractivity contribution in [3.63, 3.8) is 0 Å². The van der Waals surface area contributed by atoms with Gasteiger partial charge in [-0.05, 0) is 44.9 Å². The maximum absolute atomic E-state index is 9.59. The highest BCUT2D eigenvalue weighted by Crippen LogP contribution is 2.22. The van der Waals surface area contributed by atoms with Crippen LogP contribution in [0.25, 0.3) is 0 Å². The summed E-state index contributed by atoms with van der Waals surface area (Å²) >= 11 is 0. The monoisotopic (exact) mass is 237 g/mol. The van der Waals surface area contributed by atoms with Crippen LogP contribution in [0.2, 0.25) is 0 Å². The molecule has 3 N–H and O–H groups in total. The van der Waals surface area contributed by atoms with Crippen LogP contribution in [0.4, 0.5) is 0 Å². The molecule has 0 amide bonds. The van der Waals surface area contributed by atoms with Crippen LogP contribution in [-0.4, -0.2) is 17.3 Å². The molecule has 0 heterocycles. The quantitative estimate of drug-likeness (QED) is 0.827. The fourth-order valence-electron chi connectivity index (χ4n) is 1.53. The maximum atomic E-state index is 9.59. The molecule has 0 spiro atoms. The number of hydrogen-bond acceptors (Lipinski definition) is 3. The van der Waals surface area contributed by atoms with Gasteiger partial charge in [-0.25, -0.2) is 0 Å². The van der Waals surface area contributed by atoms with Crippen molar-refractivity contribution in [3.8, 4) is 5.75 Å². The molecule has 0 aliphatic rings. The molecule has 1 atom stereocenters.